The van der Waals surface area contributed by atoms with Crippen molar-refractivity contribution in [2.75, 3.05) is 19.6 Å². The van der Waals surface area contributed by atoms with Crippen LogP contribution in [-0.2, 0) is 21.2 Å². The largest absolute Gasteiger partial charge is 0.334 e. The number of carbonyl (C=O) groups excluding carboxylic acids is 1. The highest BCUT2D eigenvalue weighted by Gasteiger charge is 2.31. The summed E-state index contributed by atoms with van der Waals surface area (Å²) in [7, 11) is -3.94. The molecule has 3 rings (SSSR count). The van der Waals surface area contributed by atoms with E-state index >= 15 is 0 Å². The number of likely N-dealkylation sites (N-methyl/N-ethyl adjacent to an activating group) is 1. The quantitative estimate of drug-likeness (QED) is 0.531. The molecule has 0 spiro atoms. The molecule has 2 aromatic rings. The molecule has 0 saturated heterocycles. The van der Waals surface area contributed by atoms with E-state index in [1.54, 1.807) is 11.8 Å². The molecule has 1 atom stereocenters. The van der Waals surface area contributed by atoms with Crippen molar-refractivity contribution in [3.63, 3.8) is 0 Å². The summed E-state index contributed by atoms with van der Waals surface area (Å²) in [6.45, 7) is 3.97. The van der Waals surface area contributed by atoms with Crippen molar-refractivity contribution >= 4 is 21.6 Å². The van der Waals surface area contributed by atoms with Gasteiger partial charge in [0.15, 0.2) is 0 Å². The summed E-state index contributed by atoms with van der Waals surface area (Å²) >= 11 is 0. The summed E-state index contributed by atoms with van der Waals surface area (Å²) in [5, 5.41) is 10.8. The Bertz CT molecular complexity index is 1020. The Morgan fingerprint density at radius 2 is 1.86 bits per heavy atom. The smallest absolute Gasteiger partial charge is 0.269 e. The molecule has 1 heterocycles. The van der Waals surface area contributed by atoms with Crippen LogP contribution in [0.1, 0.15) is 31.0 Å². The number of carbonyl (C=O) groups is 1. The third-order valence-corrected chi connectivity index (χ3v) is 7.20. The third-order valence-electron chi connectivity index (χ3n) is 5.26. The molecule has 0 fully saturated rings. The van der Waals surface area contributed by atoms with Crippen LogP contribution in [0.5, 0.6) is 0 Å². The molecule has 1 aliphatic rings. The van der Waals surface area contributed by atoms with Gasteiger partial charge in [-0.15, -0.1) is 0 Å². The minimum Gasteiger partial charge on any atom is -0.334 e. The predicted octanol–water partition coefficient (Wildman–Crippen LogP) is 2.75. The summed E-state index contributed by atoms with van der Waals surface area (Å²) in [6.07, 6.45) is 0.730. The molecule has 29 heavy (non-hydrogen) atoms. The summed E-state index contributed by atoms with van der Waals surface area (Å²) in [6, 6.07) is 12.5. The van der Waals surface area contributed by atoms with Crippen molar-refractivity contribution in [2.45, 2.75) is 31.2 Å². The number of hydrogen-bond acceptors (Lipinski definition) is 5. The number of rotatable bonds is 6. The lowest BCUT2D eigenvalue weighted by Gasteiger charge is -2.36. The number of non-ortho nitro benzene ring substituents is 1. The van der Waals surface area contributed by atoms with E-state index in [2.05, 4.69) is 0 Å². The molecule has 8 nitrogen and oxygen atoms in total. The predicted molar refractivity (Wildman–Crippen MR) is 108 cm³/mol. The Hall–Kier alpha value is -2.78. The van der Waals surface area contributed by atoms with Crippen LogP contribution in [0.15, 0.2) is 53.4 Å². The second-order valence-corrected chi connectivity index (χ2v) is 8.83. The number of amides is 1. The molecule has 1 aliphatic heterocycles. The lowest BCUT2D eigenvalue weighted by Crippen LogP contribution is -2.46. The zero-order valence-corrected chi connectivity index (χ0v) is 17.1. The number of sulfonamides is 1. The Labute approximate surface area is 169 Å². The fourth-order valence-electron chi connectivity index (χ4n) is 3.61. The van der Waals surface area contributed by atoms with Crippen molar-refractivity contribution in [3.05, 3.63) is 69.8 Å². The van der Waals surface area contributed by atoms with Gasteiger partial charge < -0.3 is 4.90 Å². The average molecular weight is 417 g/mol. The second-order valence-electron chi connectivity index (χ2n) is 6.89. The topological polar surface area (TPSA) is 101 Å². The van der Waals surface area contributed by atoms with Crippen LogP contribution in [0.25, 0.3) is 0 Å². The lowest BCUT2D eigenvalue weighted by atomic mass is 9.93. The third kappa shape index (κ3) is 4.15. The van der Waals surface area contributed by atoms with Crippen LogP contribution in [0, 0.1) is 10.1 Å². The Balaban J connectivity index is 1.78. The Morgan fingerprint density at radius 1 is 1.21 bits per heavy atom. The van der Waals surface area contributed by atoms with Crippen molar-refractivity contribution in [2.24, 2.45) is 0 Å². The van der Waals surface area contributed by atoms with Crippen LogP contribution >= 0.6 is 0 Å². The highest BCUT2D eigenvalue weighted by molar-refractivity contribution is 7.89. The molecule has 1 amide bonds. The average Bonchev–Trinajstić information content (AvgIpc) is 2.72. The number of nitro benzene ring substituents is 1. The van der Waals surface area contributed by atoms with Crippen LogP contribution in [-0.4, -0.2) is 48.1 Å². The van der Waals surface area contributed by atoms with Gasteiger partial charge in [0.2, 0.25) is 15.9 Å². The molecular formula is C20H23N3O5S. The van der Waals surface area contributed by atoms with Gasteiger partial charge in [-0.05, 0) is 36.6 Å². The van der Waals surface area contributed by atoms with Crippen LogP contribution in [0.3, 0.4) is 0 Å². The maximum atomic E-state index is 12.9. The van der Waals surface area contributed by atoms with Gasteiger partial charge >= 0.3 is 0 Å². The summed E-state index contributed by atoms with van der Waals surface area (Å²) < 4.78 is 27.0. The first kappa shape index (κ1) is 20.9. The molecule has 0 aliphatic carbocycles. The van der Waals surface area contributed by atoms with Gasteiger partial charge in [0.05, 0.1) is 22.4 Å². The van der Waals surface area contributed by atoms with Crippen molar-refractivity contribution in [1.82, 2.24) is 9.21 Å². The molecule has 0 aromatic heterocycles. The molecule has 0 bridgehead atoms. The highest BCUT2D eigenvalue weighted by atomic mass is 32.2. The first-order chi connectivity index (χ1) is 13.8. The Morgan fingerprint density at radius 3 is 2.48 bits per heavy atom. The van der Waals surface area contributed by atoms with E-state index in [1.807, 2.05) is 31.2 Å². The number of hydrogen-bond donors (Lipinski definition) is 0. The normalized spacial score (nSPS) is 16.5. The lowest BCUT2D eigenvalue weighted by molar-refractivity contribution is -0.384. The zero-order chi connectivity index (χ0) is 21.2. The van der Waals surface area contributed by atoms with Crippen molar-refractivity contribution in [3.8, 4) is 0 Å². The number of fused-ring (bicyclic) bond motifs is 1. The van der Waals surface area contributed by atoms with Gasteiger partial charge in [0.25, 0.3) is 5.69 Å². The molecule has 9 heteroatoms. The van der Waals surface area contributed by atoms with Gasteiger partial charge in [0.1, 0.15) is 0 Å². The number of nitrogens with zero attached hydrogens (tertiary/aromatic N) is 3. The fraction of sp³-hybridized carbons (Fsp3) is 0.350. The van der Waals surface area contributed by atoms with Gasteiger partial charge in [-0.3, -0.25) is 14.9 Å². The Kier molecular flexibility index (Phi) is 5.99. The SMILES string of the molecule is CCN(CC(=O)N1CCc2ccccc2C1C)S(=O)(=O)c1ccc([N+](=O)[O-])cc1. The summed E-state index contributed by atoms with van der Waals surface area (Å²) in [4.78, 5) is 24.8. The van der Waals surface area contributed by atoms with E-state index in [-0.39, 0.29) is 35.6 Å². The van der Waals surface area contributed by atoms with E-state index in [0.29, 0.717) is 6.54 Å². The van der Waals surface area contributed by atoms with Crippen LogP contribution in [0.4, 0.5) is 5.69 Å². The zero-order valence-electron chi connectivity index (χ0n) is 16.3. The first-order valence-corrected chi connectivity index (χ1v) is 10.8. The van der Waals surface area contributed by atoms with Crippen molar-refractivity contribution < 1.29 is 18.1 Å². The first-order valence-electron chi connectivity index (χ1n) is 9.37. The molecule has 0 saturated carbocycles. The monoisotopic (exact) mass is 417 g/mol. The highest BCUT2D eigenvalue weighted by Crippen LogP contribution is 2.29. The minimum absolute atomic E-state index is 0.0743. The van der Waals surface area contributed by atoms with Gasteiger partial charge in [-0.25, -0.2) is 8.42 Å². The van der Waals surface area contributed by atoms with E-state index in [9.17, 15) is 23.3 Å². The van der Waals surface area contributed by atoms with E-state index in [0.717, 1.165) is 28.4 Å². The maximum absolute atomic E-state index is 12.9. The van der Waals surface area contributed by atoms with Crippen molar-refractivity contribution in [1.29, 1.82) is 0 Å². The fourth-order valence-corrected chi connectivity index (χ4v) is 5.01. The summed E-state index contributed by atoms with van der Waals surface area (Å²) in [5.41, 5.74) is 2.09. The number of benzene rings is 2. The van der Waals surface area contributed by atoms with Gasteiger partial charge in [-0.1, -0.05) is 31.2 Å². The van der Waals surface area contributed by atoms with Gasteiger partial charge in [0, 0.05) is 25.2 Å². The molecule has 2 aromatic carbocycles. The van der Waals surface area contributed by atoms with E-state index in [1.165, 1.54) is 17.7 Å². The summed E-state index contributed by atoms with van der Waals surface area (Å²) in [5.74, 6) is -0.265. The molecule has 0 N–H and O–H groups in total. The second kappa shape index (κ2) is 8.30. The molecule has 154 valence electrons. The molecule has 1 unspecified atom stereocenters. The van der Waals surface area contributed by atoms with Crippen LogP contribution in [0.2, 0.25) is 0 Å². The number of nitro groups is 1. The van der Waals surface area contributed by atoms with Gasteiger partial charge in [-0.2, -0.15) is 4.31 Å². The van der Waals surface area contributed by atoms with Crippen LogP contribution < -0.4 is 0 Å². The molecule has 0 radical (unpaired) electrons. The maximum Gasteiger partial charge on any atom is 0.269 e. The van der Waals surface area contributed by atoms with E-state index in [4.69, 9.17) is 0 Å². The van der Waals surface area contributed by atoms with E-state index < -0.39 is 14.9 Å². The molecular weight excluding hydrogens is 394 g/mol. The standard InChI is InChI=1S/C20H23N3O5S/c1-3-21(29(27,28)18-10-8-17(9-11-18)23(25)26)14-20(24)22-13-12-16-6-4-5-7-19(16)15(22)2/h4-11,15H,3,12-14H2,1-2H3. The minimum atomic E-state index is -3.94.